The molecule has 134 valence electrons. The smallest absolute Gasteiger partial charge is 0.416 e. The number of pyridine rings is 1. The SMILES string of the molecule is CCc1coc(-c2ccnc(N(CC3CC3)C(=O)OC(C)(C)C)c2)n1. The predicted octanol–water partition coefficient (Wildman–Crippen LogP) is 4.45. The van der Waals surface area contributed by atoms with E-state index in [0.717, 1.165) is 30.5 Å². The minimum Gasteiger partial charge on any atom is -0.444 e. The predicted molar refractivity (Wildman–Crippen MR) is 95.4 cm³/mol. The van der Waals surface area contributed by atoms with E-state index in [2.05, 4.69) is 9.97 Å². The highest BCUT2D eigenvalue weighted by Gasteiger charge is 2.31. The molecule has 2 heterocycles. The Bertz CT molecular complexity index is 744. The first-order valence-electron chi connectivity index (χ1n) is 8.77. The zero-order chi connectivity index (χ0) is 18.0. The molecule has 0 aliphatic heterocycles. The molecule has 2 aromatic rings. The number of carbonyl (C=O) groups excluding carboxylic acids is 1. The van der Waals surface area contributed by atoms with Crippen molar-refractivity contribution in [2.75, 3.05) is 11.4 Å². The lowest BCUT2D eigenvalue weighted by Crippen LogP contribution is -2.38. The fourth-order valence-corrected chi connectivity index (χ4v) is 2.44. The summed E-state index contributed by atoms with van der Waals surface area (Å²) >= 11 is 0. The molecule has 3 rings (SSSR count). The van der Waals surface area contributed by atoms with Crippen molar-refractivity contribution < 1.29 is 13.9 Å². The number of aromatic nitrogens is 2. The fraction of sp³-hybridized carbons (Fsp3) is 0.526. The number of aryl methyl sites for hydroxylation is 1. The maximum atomic E-state index is 12.6. The van der Waals surface area contributed by atoms with Crippen LogP contribution in [0.1, 0.15) is 46.2 Å². The maximum absolute atomic E-state index is 12.6. The van der Waals surface area contributed by atoms with E-state index in [1.165, 1.54) is 0 Å². The monoisotopic (exact) mass is 343 g/mol. The van der Waals surface area contributed by atoms with Gasteiger partial charge in [-0.05, 0) is 58.1 Å². The molecule has 0 aromatic carbocycles. The van der Waals surface area contributed by atoms with E-state index in [1.807, 2.05) is 39.8 Å². The van der Waals surface area contributed by atoms with Gasteiger partial charge >= 0.3 is 6.09 Å². The fourth-order valence-electron chi connectivity index (χ4n) is 2.44. The molecule has 1 amide bonds. The van der Waals surface area contributed by atoms with Crippen LogP contribution in [0.15, 0.2) is 29.0 Å². The second-order valence-electron chi connectivity index (χ2n) is 7.43. The first-order chi connectivity index (χ1) is 11.9. The lowest BCUT2D eigenvalue weighted by molar-refractivity contribution is 0.0577. The Balaban J connectivity index is 1.87. The second kappa shape index (κ2) is 6.86. The number of rotatable bonds is 5. The third-order valence-electron chi connectivity index (χ3n) is 3.93. The second-order valence-corrected chi connectivity index (χ2v) is 7.43. The van der Waals surface area contributed by atoms with E-state index in [4.69, 9.17) is 9.15 Å². The molecule has 25 heavy (non-hydrogen) atoms. The van der Waals surface area contributed by atoms with Crippen molar-refractivity contribution in [2.45, 2.75) is 52.6 Å². The van der Waals surface area contributed by atoms with Crippen LogP contribution >= 0.6 is 0 Å². The molecule has 2 aromatic heterocycles. The van der Waals surface area contributed by atoms with Gasteiger partial charge in [-0.1, -0.05) is 6.92 Å². The molecule has 1 saturated carbocycles. The number of ether oxygens (including phenoxy) is 1. The number of oxazole rings is 1. The van der Waals surface area contributed by atoms with Gasteiger partial charge in [-0.2, -0.15) is 0 Å². The Kier molecular flexibility index (Phi) is 4.79. The van der Waals surface area contributed by atoms with Gasteiger partial charge in [0.05, 0.1) is 5.69 Å². The molecule has 0 saturated heterocycles. The Morgan fingerprint density at radius 3 is 2.76 bits per heavy atom. The summed E-state index contributed by atoms with van der Waals surface area (Å²) in [5, 5.41) is 0. The summed E-state index contributed by atoms with van der Waals surface area (Å²) in [4.78, 5) is 23.1. The van der Waals surface area contributed by atoms with Gasteiger partial charge < -0.3 is 9.15 Å². The summed E-state index contributed by atoms with van der Waals surface area (Å²) in [5.74, 6) is 1.62. The molecule has 0 spiro atoms. The van der Waals surface area contributed by atoms with Crippen molar-refractivity contribution in [3.8, 4) is 11.5 Å². The highest BCUT2D eigenvalue weighted by molar-refractivity contribution is 5.87. The largest absolute Gasteiger partial charge is 0.444 e. The minimum absolute atomic E-state index is 0.370. The molecule has 6 heteroatoms. The van der Waals surface area contributed by atoms with Crippen LogP contribution in [0.25, 0.3) is 11.5 Å². The maximum Gasteiger partial charge on any atom is 0.416 e. The van der Waals surface area contributed by atoms with Gasteiger partial charge in [0.25, 0.3) is 0 Å². The average Bonchev–Trinajstić information content (AvgIpc) is 3.24. The van der Waals surface area contributed by atoms with Crippen molar-refractivity contribution in [1.29, 1.82) is 0 Å². The topological polar surface area (TPSA) is 68.5 Å². The number of nitrogens with zero attached hydrogens (tertiary/aromatic N) is 3. The minimum atomic E-state index is -0.547. The van der Waals surface area contributed by atoms with Crippen LogP contribution < -0.4 is 4.90 Å². The number of carbonyl (C=O) groups is 1. The van der Waals surface area contributed by atoms with Gasteiger partial charge in [0.15, 0.2) is 0 Å². The molecule has 1 aliphatic carbocycles. The van der Waals surface area contributed by atoms with E-state index in [1.54, 1.807) is 17.4 Å². The molecule has 0 bridgehead atoms. The molecule has 0 N–H and O–H groups in total. The van der Waals surface area contributed by atoms with E-state index < -0.39 is 5.60 Å². The number of amides is 1. The molecular weight excluding hydrogens is 318 g/mol. The average molecular weight is 343 g/mol. The van der Waals surface area contributed by atoms with Crippen LogP contribution in [0.5, 0.6) is 0 Å². The summed E-state index contributed by atoms with van der Waals surface area (Å²) in [5.41, 5.74) is 1.15. The summed E-state index contributed by atoms with van der Waals surface area (Å²) in [6.45, 7) is 8.24. The molecule has 0 radical (unpaired) electrons. The van der Waals surface area contributed by atoms with Crippen LogP contribution in [-0.4, -0.2) is 28.2 Å². The molecule has 1 aliphatic rings. The lowest BCUT2D eigenvalue weighted by atomic mass is 10.2. The quantitative estimate of drug-likeness (QED) is 0.802. The Morgan fingerprint density at radius 1 is 1.40 bits per heavy atom. The Hall–Kier alpha value is -2.37. The molecule has 6 nitrogen and oxygen atoms in total. The third kappa shape index (κ3) is 4.59. The van der Waals surface area contributed by atoms with Crippen LogP contribution in [0.4, 0.5) is 10.6 Å². The third-order valence-corrected chi connectivity index (χ3v) is 3.93. The van der Waals surface area contributed by atoms with Crippen LogP contribution in [0.3, 0.4) is 0 Å². The lowest BCUT2D eigenvalue weighted by Gasteiger charge is -2.27. The summed E-state index contributed by atoms with van der Waals surface area (Å²) in [6.07, 6.45) is 6.05. The zero-order valence-corrected chi connectivity index (χ0v) is 15.3. The first-order valence-corrected chi connectivity index (χ1v) is 8.77. The van der Waals surface area contributed by atoms with Gasteiger partial charge in [-0.3, -0.25) is 4.90 Å². The molecule has 0 atom stereocenters. The highest BCUT2D eigenvalue weighted by Crippen LogP contribution is 2.32. The van der Waals surface area contributed by atoms with Gasteiger partial charge in [-0.25, -0.2) is 14.8 Å². The van der Waals surface area contributed by atoms with E-state index in [-0.39, 0.29) is 6.09 Å². The van der Waals surface area contributed by atoms with Gasteiger partial charge in [0.1, 0.15) is 17.7 Å². The molecule has 0 unspecified atom stereocenters. The van der Waals surface area contributed by atoms with Crippen molar-refractivity contribution >= 4 is 11.9 Å². The van der Waals surface area contributed by atoms with E-state index in [9.17, 15) is 4.79 Å². The van der Waals surface area contributed by atoms with Crippen molar-refractivity contribution in [1.82, 2.24) is 9.97 Å². The van der Waals surface area contributed by atoms with Crippen LogP contribution in [0.2, 0.25) is 0 Å². The Morgan fingerprint density at radius 2 is 2.16 bits per heavy atom. The van der Waals surface area contributed by atoms with Crippen molar-refractivity contribution in [3.05, 3.63) is 30.3 Å². The first kappa shape index (κ1) is 17.5. The molecular formula is C19H25N3O3. The summed E-state index contributed by atoms with van der Waals surface area (Å²) in [6, 6.07) is 3.66. The zero-order valence-electron chi connectivity index (χ0n) is 15.3. The highest BCUT2D eigenvalue weighted by atomic mass is 16.6. The summed E-state index contributed by atoms with van der Waals surface area (Å²) in [7, 11) is 0. The van der Waals surface area contributed by atoms with Crippen LogP contribution in [-0.2, 0) is 11.2 Å². The summed E-state index contributed by atoms with van der Waals surface area (Å²) < 4.78 is 11.1. The van der Waals surface area contributed by atoms with Gasteiger partial charge in [0, 0.05) is 18.3 Å². The van der Waals surface area contributed by atoms with E-state index >= 15 is 0 Å². The number of anilines is 1. The standard InChI is InChI=1S/C19H25N3O3/c1-5-15-12-24-17(21-15)14-8-9-20-16(10-14)22(11-13-6-7-13)18(23)25-19(2,3)4/h8-10,12-13H,5-7,11H2,1-4H3. The van der Waals surface area contributed by atoms with Crippen LogP contribution in [0, 0.1) is 5.92 Å². The number of hydrogen-bond donors (Lipinski definition) is 0. The molecule has 1 fully saturated rings. The van der Waals surface area contributed by atoms with Gasteiger partial charge in [-0.15, -0.1) is 0 Å². The van der Waals surface area contributed by atoms with Crippen molar-refractivity contribution in [2.24, 2.45) is 5.92 Å². The van der Waals surface area contributed by atoms with Gasteiger partial charge in [0.2, 0.25) is 5.89 Å². The Labute approximate surface area is 148 Å². The number of hydrogen-bond acceptors (Lipinski definition) is 5. The van der Waals surface area contributed by atoms with E-state index in [0.29, 0.717) is 24.2 Å². The normalized spacial score (nSPS) is 14.4. The van der Waals surface area contributed by atoms with Crippen molar-refractivity contribution in [3.63, 3.8) is 0 Å².